The molecule has 0 saturated heterocycles. The molecule has 2 heterocycles. The molecule has 0 aliphatic heterocycles. The second-order valence-electron chi connectivity index (χ2n) is 6.12. The molecule has 0 unspecified atom stereocenters. The van der Waals surface area contributed by atoms with Crippen LogP contribution in [0, 0.1) is 0 Å². The van der Waals surface area contributed by atoms with Crippen LogP contribution in [0.25, 0.3) is 0 Å². The number of amides is 1. The van der Waals surface area contributed by atoms with Crippen molar-refractivity contribution in [2.45, 2.75) is 51.2 Å². The summed E-state index contributed by atoms with van der Waals surface area (Å²) in [6, 6.07) is 4.47. The van der Waals surface area contributed by atoms with Crippen LogP contribution in [-0.2, 0) is 11.3 Å². The zero-order chi connectivity index (χ0) is 16.1. The first kappa shape index (κ1) is 15.5. The molecule has 1 amide bonds. The van der Waals surface area contributed by atoms with Gasteiger partial charge in [0, 0.05) is 30.7 Å². The van der Waals surface area contributed by atoms with Gasteiger partial charge in [-0.15, -0.1) is 0 Å². The quantitative estimate of drug-likeness (QED) is 0.859. The molecule has 6 heteroatoms. The Morgan fingerprint density at radius 1 is 1.35 bits per heavy atom. The summed E-state index contributed by atoms with van der Waals surface area (Å²) >= 11 is 0. The number of nitrogens with zero attached hydrogens (tertiary/aromatic N) is 3. The van der Waals surface area contributed by atoms with Gasteiger partial charge in [0.1, 0.15) is 6.54 Å². The van der Waals surface area contributed by atoms with E-state index in [2.05, 4.69) is 27.6 Å². The molecular formula is C17H23N5O. The van der Waals surface area contributed by atoms with E-state index in [-0.39, 0.29) is 18.5 Å². The van der Waals surface area contributed by atoms with Gasteiger partial charge in [0.05, 0.1) is 11.9 Å². The largest absolute Gasteiger partial charge is 0.376 e. The van der Waals surface area contributed by atoms with Crippen molar-refractivity contribution >= 4 is 11.6 Å². The number of carbonyl (C=O) groups excluding carboxylic acids is 1. The Labute approximate surface area is 136 Å². The fraction of sp³-hybridized carbons (Fsp3) is 0.471. The average Bonchev–Trinajstić information content (AvgIpc) is 3.20. The molecule has 0 bridgehead atoms. The second kappa shape index (κ2) is 7.26. The number of pyridine rings is 1. The molecular weight excluding hydrogens is 290 g/mol. The predicted molar refractivity (Wildman–Crippen MR) is 88.9 cm³/mol. The van der Waals surface area contributed by atoms with E-state index >= 15 is 0 Å². The Bertz CT molecular complexity index is 633. The van der Waals surface area contributed by atoms with Crippen molar-refractivity contribution in [3.63, 3.8) is 0 Å². The van der Waals surface area contributed by atoms with Crippen molar-refractivity contribution in [3.8, 4) is 0 Å². The highest BCUT2D eigenvalue weighted by molar-refractivity contribution is 5.76. The Morgan fingerprint density at radius 3 is 2.83 bits per heavy atom. The maximum absolute atomic E-state index is 12.0. The van der Waals surface area contributed by atoms with E-state index in [0.717, 1.165) is 24.1 Å². The van der Waals surface area contributed by atoms with Gasteiger partial charge in [0.15, 0.2) is 0 Å². The predicted octanol–water partition coefficient (Wildman–Crippen LogP) is 2.51. The second-order valence-corrected chi connectivity index (χ2v) is 6.12. The molecule has 122 valence electrons. The summed E-state index contributed by atoms with van der Waals surface area (Å²) in [6.45, 7) is 2.35. The fourth-order valence-corrected chi connectivity index (χ4v) is 3.00. The zero-order valence-electron chi connectivity index (χ0n) is 13.4. The number of aromatic nitrogens is 3. The molecule has 23 heavy (non-hydrogen) atoms. The molecule has 2 aromatic heterocycles. The summed E-state index contributed by atoms with van der Waals surface area (Å²) in [6.07, 6.45) is 11.8. The molecule has 1 fully saturated rings. The van der Waals surface area contributed by atoms with Gasteiger partial charge in [-0.25, -0.2) is 0 Å². The van der Waals surface area contributed by atoms with Crippen molar-refractivity contribution in [1.29, 1.82) is 0 Å². The molecule has 6 nitrogen and oxygen atoms in total. The maximum Gasteiger partial charge on any atom is 0.241 e. The van der Waals surface area contributed by atoms with E-state index < -0.39 is 0 Å². The summed E-state index contributed by atoms with van der Waals surface area (Å²) in [7, 11) is 0. The van der Waals surface area contributed by atoms with Crippen molar-refractivity contribution < 1.29 is 4.79 Å². The minimum atomic E-state index is 0.0359. The van der Waals surface area contributed by atoms with E-state index in [9.17, 15) is 4.79 Å². The van der Waals surface area contributed by atoms with Gasteiger partial charge < -0.3 is 10.6 Å². The Hall–Kier alpha value is -2.37. The van der Waals surface area contributed by atoms with E-state index in [0.29, 0.717) is 6.04 Å². The summed E-state index contributed by atoms with van der Waals surface area (Å²) in [5.41, 5.74) is 2.06. The Balaban J connectivity index is 1.52. The standard InChI is InChI=1S/C17H23N5O/c1-13(14-6-8-18-9-7-14)20-16-10-19-22(11-16)12-17(23)21-15-4-2-3-5-15/h6-11,13,15,20H,2-5,12H2,1H3,(H,21,23)/t13-/m0/s1. The molecule has 0 spiro atoms. The third-order valence-corrected chi connectivity index (χ3v) is 4.25. The van der Waals surface area contributed by atoms with Gasteiger partial charge >= 0.3 is 0 Å². The molecule has 1 saturated carbocycles. The first-order valence-corrected chi connectivity index (χ1v) is 8.19. The van der Waals surface area contributed by atoms with E-state index in [4.69, 9.17) is 0 Å². The minimum Gasteiger partial charge on any atom is -0.376 e. The monoisotopic (exact) mass is 313 g/mol. The maximum atomic E-state index is 12.0. The van der Waals surface area contributed by atoms with Gasteiger partial charge in [-0.05, 0) is 37.5 Å². The van der Waals surface area contributed by atoms with Gasteiger partial charge in [-0.3, -0.25) is 14.5 Å². The topological polar surface area (TPSA) is 71.8 Å². The van der Waals surface area contributed by atoms with Crippen LogP contribution < -0.4 is 10.6 Å². The fourth-order valence-electron chi connectivity index (χ4n) is 3.00. The number of hydrogen-bond acceptors (Lipinski definition) is 4. The zero-order valence-corrected chi connectivity index (χ0v) is 13.4. The van der Waals surface area contributed by atoms with E-state index in [1.54, 1.807) is 23.3 Å². The Kier molecular flexibility index (Phi) is 4.90. The van der Waals surface area contributed by atoms with Crippen molar-refractivity contribution in [3.05, 3.63) is 42.5 Å². The van der Waals surface area contributed by atoms with Gasteiger partial charge in [-0.2, -0.15) is 5.10 Å². The van der Waals surface area contributed by atoms with Crippen molar-refractivity contribution in [2.75, 3.05) is 5.32 Å². The van der Waals surface area contributed by atoms with Crippen LogP contribution >= 0.6 is 0 Å². The van der Waals surface area contributed by atoms with Crippen LogP contribution in [0.15, 0.2) is 36.9 Å². The van der Waals surface area contributed by atoms with E-state index in [1.165, 1.54) is 12.8 Å². The summed E-state index contributed by atoms with van der Waals surface area (Å²) in [5.74, 6) is 0.0359. The number of hydrogen-bond donors (Lipinski definition) is 2. The molecule has 1 atom stereocenters. The number of nitrogens with one attached hydrogen (secondary N) is 2. The average molecular weight is 313 g/mol. The van der Waals surface area contributed by atoms with Crippen LogP contribution in [0.3, 0.4) is 0 Å². The normalized spacial score (nSPS) is 16.2. The molecule has 0 aromatic carbocycles. The van der Waals surface area contributed by atoms with Gasteiger partial charge in [0.25, 0.3) is 0 Å². The lowest BCUT2D eigenvalue weighted by Gasteiger charge is -2.13. The lowest BCUT2D eigenvalue weighted by molar-refractivity contribution is -0.122. The molecule has 2 aromatic rings. The Morgan fingerprint density at radius 2 is 2.09 bits per heavy atom. The molecule has 0 radical (unpaired) electrons. The van der Waals surface area contributed by atoms with E-state index in [1.807, 2.05) is 18.3 Å². The highest BCUT2D eigenvalue weighted by Gasteiger charge is 2.17. The van der Waals surface area contributed by atoms with Crippen LogP contribution in [0.2, 0.25) is 0 Å². The first-order valence-electron chi connectivity index (χ1n) is 8.19. The minimum absolute atomic E-state index is 0.0359. The molecule has 1 aliphatic rings. The number of anilines is 1. The third-order valence-electron chi connectivity index (χ3n) is 4.25. The molecule has 3 rings (SSSR count). The summed E-state index contributed by atoms with van der Waals surface area (Å²) in [5, 5.41) is 10.7. The molecule has 1 aliphatic carbocycles. The summed E-state index contributed by atoms with van der Waals surface area (Å²) in [4.78, 5) is 16.0. The van der Waals surface area contributed by atoms with Crippen LogP contribution in [0.1, 0.15) is 44.2 Å². The van der Waals surface area contributed by atoms with Crippen LogP contribution in [-0.4, -0.2) is 26.7 Å². The smallest absolute Gasteiger partial charge is 0.241 e. The third kappa shape index (κ3) is 4.31. The molecule has 2 N–H and O–H groups in total. The lowest BCUT2D eigenvalue weighted by atomic mass is 10.1. The summed E-state index contributed by atoms with van der Waals surface area (Å²) < 4.78 is 1.67. The van der Waals surface area contributed by atoms with Crippen LogP contribution in [0.4, 0.5) is 5.69 Å². The number of rotatable bonds is 6. The van der Waals surface area contributed by atoms with Gasteiger partial charge in [-0.1, -0.05) is 12.8 Å². The van der Waals surface area contributed by atoms with Gasteiger partial charge in [0.2, 0.25) is 5.91 Å². The SMILES string of the molecule is C[C@H](Nc1cnn(CC(=O)NC2CCCC2)c1)c1ccncc1. The number of carbonyl (C=O) groups is 1. The lowest BCUT2D eigenvalue weighted by Crippen LogP contribution is -2.35. The van der Waals surface area contributed by atoms with Crippen molar-refractivity contribution in [1.82, 2.24) is 20.1 Å². The van der Waals surface area contributed by atoms with Crippen LogP contribution in [0.5, 0.6) is 0 Å². The van der Waals surface area contributed by atoms with Crippen molar-refractivity contribution in [2.24, 2.45) is 0 Å². The highest BCUT2D eigenvalue weighted by Crippen LogP contribution is 2.19. The first-order chi connectivity index (χ1) is 11.2. The highest BCUT2D eigenvalue weighted by atomic mass is 16.2.